The van der Waals surface area contributed by atoms with E-state index in [0.717, 1.165) is 0 Å². The van der Waals surface area contributed by atoms with Crippen LogP contribution in [0.4, 0.5) is 0 Å². The molecule has 50 valence electrons. The predicted octanol–water partition coefficient (Wildman–Crippen LogP) is -0.282. The first-order valence-electron chi connectivity index (χ1n) is 2.65. The van der Waals surface area contributed by atoms with Crippen LogP contribution in [-0.2, 0) is 11.1 Å². The maximum absolute atomic E-state index is 10.3. The van der Waals surface area contributed by atoms with Gasteiger partial charge in [0, 0.05) is 4.90 Å². The molecule has 1 rings (SSSR count). The second-order valence-electron chi connectivity index (χ2n) is 1.80. The third-order valence-electron chi connectivity index (χ3n) is 1.07. The molecule has 1 atom stereocenters. The van der Waals surface area contributed by atoms with Crippen molar-refractivity contribution >= 4 is 24.4 Å². The van der Waals surface area contributed by atoms with E-state index in [9.17, 15) is 8.76 Å². The van der Waals surface area contributed by atoms with Gasteiger partial charge in [0.25, 0.3) is 0 Å². The van der Waals surface area contributed by atoms with Crippen molar-refractivity contribution in [1.82, 2.24) is 0 Å². The van der Waals surface area contributed by atoms with Crippen LogP contribution in [0.25, 0.3) is 0 Å². The lowest BCUT2D eigenvalue weighted by Gasteiger charge is -2.03. The number of hydrogen-bond donors (Lipinski definition) is 0. The fourth-order valence-electron chi connectivity index (χ4n) is 0.579. The Balaban J connectivity index is 3.00. The van der Waals surface area contributed by atoms with Crippen LogP contribution in [0.1, 0.15) is 0 Å². The van der Waals surface area contributed by atoms with Crippen molar-refractivity contribution in [2.45, 2.75) is 4.90 Å². The van der Waals surface area contributed by atoms with E-state index in [2.05, 4.69) is 0 Å². The molecular weight excluding hydrogens is 147 g/mol. The maximum atomic E-state index is 10.3. The molecule has 0 N–H and O–H groups in total. The van der Waals surface area contributed by atoms with Crippen molar-refractivity contribution < 1.29 is 8.76 Å². The SMILES string of the molecule is [B]c1ccc(S(=O)[O-])cc1. The van der Waals surface area contributed by atoms with Crippen molar-refractivity contribution in [3.63, 3.8) is 0 Å². The van der Waals surface area contributed by atoms with Gasteiger partial charge in [0.05, 0.1) is 0 Å². The first-order chi connectivity index (χ1) is 4.70. The molecule has 0 heterocycles. The molecule has 1 unspecified atom stereocenters. The van der Waals surface area contributed by atoms with Gasteiger partial charge in [-0.2, -0.15) is 0 Å². The van der Waals surface area contributed by atoms with Gasteiger partial charge in [-0.15, -0.1) is 0 Å². The van der Waals surface area contributed by atoms with Crippen molar-refractivity contribution in [2.75, 3.05) is 0 Å². The van der Waals surface area contributed by atoms with Crippen LogP contribution in [0.5, 0.6) is 0 Å². The Bertz CT molecular complexity index is 244. The topological polar surface area (TPSA) is 40.1 Å². The van der Waals surface area contributed by atoms with E-state index in [-0.39, 0.29) is 4.90 Å². The first kappa shape index (κ1) is 7.50. The summed E-state index contributed by atoms with van der Waals surface area (Å²) in [6.07, 6.45) is 0. The Kier molecular flexibility index (Phi) is 2.24. The Labute approximate surface area is 63.0 Å². The van der Waals surface area contributed by atoms with Crippen molar-refractivity contribution in [3.05, 3.63) is 24.3 Å². The molecule has 0 saturated heterocycles. The minimum absolute atomic E-state index is 0.259. The van der Waals surface area contributed by atoms with Crippen molar-refractivity contribution in [1.29, 1.82) is 0 Å². The average Bonchev–Trinajstić information content (AvgIpc) is 1.88. The minimum atomic E-state index is -2.14. The van der Waals surface area contributed by atoms with Gasteiger partial charge in [0.1, 0.15) is 7.85 Å². The molecule has 0 aliphatic heterocycles. The molecule has 0 saturated carbocycles. The van der Waals surface area contributed by atoms with Gasteiger partial charge in [-0.3, -0.25) is 4.21 Å². The Morgan fingerprint density at radius 1 is 1.30 bits per heavy atom. The molecule has 0 bridgehead atoms. The summed E-state index contributed by atoms with van der Waals surface area (Å²) >= 11 is -2.14. The summed E-state index contributed by atoms with van der Waals surface area (Å²) < 4.78 is 20.5. The molecule has 1 aromatic rings. The van der Waals surface area contributed by atoms with E-state index < -0.39 is 11.1 Å². The molecule has 0 aliphatic carbocycles. The maximum Gasteiger partial charge on any atom is 0.113 e. The van der Waals surface area contributed by atoms with Crippen molar-refractivity contribution in [2.24, 2.45) is 0 Å². The summed E-state index contributed by atoms with van der Waals surface area (Å²) in [7, 11) is 5.33. The van der Waals surface area contributed by atoms with Gasteiger partial charge in [0.15, 0.2) is 0 Å². The normalized spacial score (nSPS) is 12.9. The molecular formula is C6H4BO2S-. The summed E-state index contributed by atoms with van der Waals surface area (Å²) in [5, 5.41) is 0. The van der Waals surface area contributed by atoms with Crippen molar-refractivity contribution in [3.8, 4) is 0 Å². The van der Waals surface area contributed by atoms with Gasteiger partial charge in [0.2, 0.25) is 0 Å². The average molecular weight is 151 g/mol. The standard InChI is InChI=1S/C6H5BO2S/c7-5-1-3-6(4-2-5)10(8)9/h1-4H,(H,8,9)/p-1. The smallest absolute Gasteiger partial charge is 0.113 e. The quantitative estimate of drug-likeness (QED) is 0.409. The van der Waals surface area contributed by atoms with Gasteiger partial charge in [-0.25, -0.2) is 0 Å². The Morgan fingerprint density at radius 2 is 1.80 bits per heavy atom. The van der Waals surface area contributed by atoms with E-state index in [1.807, 2.05) is 0 Å². The summed E-state index contributed by atoms with van der Waals surface area (Å²) in [5.41, 5.74) is 0.564. The lowest BCUT2D eigenvalue weighted by Crippen LogP contribution is -2.00. The van der Waals surface area contributed by atoms with Gasteiger partial charge >= 0.3 is 0 Å². The third-order valence-corrected chi connectivity index (χ3v) is 1.73. The van der Waals surface area contributed by atoms with Crippen LogP contribution in [0.3, 0.4) is 0 Å². The lowest BCUT2D eigenvalue weighted by molar-refractivity contribution is 0.537. The molecule has 0 amide bonds. The number of rotatable bonds is 1. The van der Waals surface area contributed by atoms with Crippen LogP contribution >= 0.6 is 0 Å². The molecule has 10 heavy (non-hydrogen) atoms. The highest BCUT2D eigenvalue weighted by Gasteiger charge is 1.88. The second kappa shape index (κ2) is 2.99. The highest BCUT2D eigenvalue weighted by molar-refractivity contribution is 7.79. The summed E-state index contributed by atoms with van der Waals surface area (Å²) in [6, 6.07) is 6.01. The Morgan fingerprint density at radius 3 is 2.20 bits per heavy atom. The number of hydrogen-bond acceptors (Lipinski definition) is 2. The molecule has 0 aliphatic rings. The fraction of sp³-hybridized carbons (Fsp3) is 0. The van der Waals surface area contributed by atoms with Gasteiger partial charge in [-0.1, -0.05) is 17.6 Å². The fourth-order valence-corrected chi connectivity index (χ4v) is 0.937. The highest BCUT2D eigenvalue weighted by atomic mass is 32.2. The summed E-state index contributed by atoms with van der Waals surface area (Å²) in [4.78, 5) is 0.259. The van der Waals surface area contributed by atoms with E-state index >= 15 is 0 Å². The van der Waals surface area contributed by atoms with Gasteiger partial charge in [-0.05, 0) is 23.2 Å². The zero-order chi connectivity index (χ0) is 7.56. The molecule has 4 heteroatoms. The molecule has 0 fully saturated rings. The first-order valence-corrected chi connectivity index (χ1v) is 3.72. The minimum Gasteiger partial charge on any atom is -0.768 e. The van der Waals surface area contributed by atoms with Gasteiger partial charge < -0.3 is 4.55 Å². The number of benzene rings is 1. The van der Waals surface area contributed by atoms with Crippen LogP contribution in [0.2, 0.25) is 0 Å². The monoisotopic (exact) mass is 151 g/mol. The summed E-state index contributed by atoms with van der Waals surface area (Å²) in [6.45, 7) is 0. The molecule has 0 aromatic heterocycles. The highest BCUT2D eigenvalue weighted by Crippen LogP contribution is 1.99. The van der Waals surface area contributed by atoms with E-state index in [4.69, 9.17) is 7.85 Å². The largest absolute Gasteiger partial charge is 0.768 e. The van der Waals surface area contributed by atoms with Crippen LogP contribution < -0.4 is 5.46 Å². The van der Waals surface area contributed by atoms with Crippen LogP contribution in [0, 0.1) is 0 Å². The van der Waals surface area contributed by atoms with E-state index in [0.29, 0.717) is 5.46 Å². The van der Waals surface area contributed by atoms with E-state index in [1.165, 1.54) is 12.1 Å². The van der Waals surface area contributed by atoms with Crippen LogP contribution in [-0.4, -0.2) is 16.6 Å². The van der Waals surface area contributed by atoms with Crippen LogP contribution in [0.15, 0.2) is 29.2 Å². The predicted molar refractivity (Wildman–Crippen MR) is 39.0 cm³/mol. The molecule has 1 aromatic carbocycles. The molecule has 2 radical (unpaired) electrons. The zero-order valence-corrected chi connectivity index (χ0v) is 5.93. The summed E-state index contributed by atoms with van der Waals surface area (Å²) in [5.74, 6) is 0. The van der Waals surface area contributed by atoms with E-state index in [1.54, 1.807) is 12.1 Å². The second-order valence-corrected chi connectivity index (χ2v) is 2.74. The molecule has 2 nitrogen and oxygen atoms in total. The lowest BCUT2D eigenvalue weighted by atomic mass is 9.97. The molecule has 0 spiro atoms. The zero-order valence-electron chi connectivity index (χ0n) is 5.11. The third kappa shape index (κ3) is 1.69. The Hall–Kier alpha value is -0.605.